The summed E-state index contributed by atoms with van der Waals surface area (Å²) in [6.45, 7) is 14.3. The van der Waals surface area contributed by atoms with E-state index in [1.165, 1.54) is 15.8 Å². The number of fused-ring (bicyclic) bond motifs is 1. The van der Waals surface area contributed by atoms with Crippen LogP contribution in [0.25, 0.3) is 10.8 Å². The molecule has 23 heavy (non-hydrogen) atoms. The summed E-state index contributed by atoms with van der Waals surface area (Å²) in [6.07, 6.45) is 0. The first kappa shape index (κ1) is 25.3. The molecule has 0 heterocycles. The Bertz CT molecular complexity index is 680. The van der Waals surface area contributed by atoms with Crippen LogP contribution in [0.15, 0.2) is 24.3 Å². The van der Waals surface area contributed by atoms with E-state index in [1.54, 1.807) is 0 Å². The van der Waals surface area contributed by atoms with Crippen molar-refractivity contribution in [2.24, 2.45) is 0 Å². The van der Waals surface area contributed by atoms with Crippen LogP contribution in [-0.2, 0) is 21.7 Å². The van der Waals surface area contributed by atoms with Crippen LogP contribution in [0.1, 0.15) is 0 Å². The van der Waals surface area contributed by atoms with E-state index in [0.717, 1.165) is 16.8 Å². The van der Waals surface area contributed by atoms with E-state index < -0.39 is 16.1 Å². The summed E-state index contributed by atoms with van der Waals surface area (Å²) in [5.74, 6) is 0. The monoisotopic (exact) mass is 420 g/mol. The zero-order chi connectivity index (χ0) is 15.3. The fourth-order valence-corrected chi connectivity index (χ4v) is 9.03. The minimum Gasteiger partial charge on any atom is -1.00 e. The van der Waals surface area contributed by atoms with Gasteiger partial charge in [-0.1, -0.05) is 68.7 Å². The average Bonchev–Trinajstić information content (AvgIpc) is 2.30. The van der Waals surface area contributed by atoms with Crippen molar-refractivity contribution in [1.82, 2.24) is 0 Å². The predicted molar refractivity (Wildman–Crippen MR) is 98.7 cm³/mol. The first-order valence-electron chi connectivity index (χ1n) is 7.15. The molecular formula is C16H26Cl2N2Si2Ti. The molecule has 0 bridgehead atoms. The van der Waals surface area contributed by atoms with Gasteiger partial charge in [-0.15, -0.1) is 0 Å². The van der Waals surface area contributed by atoms with Crippen LogP contribution in [0.4, 0.5) is 11.4 Å². The number of benzene rings is 2. The molecule has 0 amide bonds. The number of hydrogen-bond donors (Lipinski definition) is 2. The summed E-state index contributed by atoms with van der Waals surface area (Å²) in [5.41, 5.74) is 14.4. The molecule has 0 aliphatic carbocycles. The Morgan fingerprint density at radius 2 is 1.04 bits per heavy atom. The standard InChI is InChI=1S/C16H26N2Si2.2ClH.Ti/c1-19(2,3)15-12-10-8-7-9-11(12)13(17)14(18)16(15)20(4,5)6;;;/h7-10H,17-18H2,1-6H3;2*1H;/q;;;+2/p-2. The minimum atomic E-state index is -1.55. The maximum atomic E-state index is 6.46. The largest absolute Gasteiger partial charge is 2.00 e. The molecule has 0 saturated heterocycles. The summed E-state index contributed by atoms with van der Waals surface area (Å²) in [5, 5.41) is 5.33. The van der Waals surface area contributed by atoms with Crippen LogP contribution < -0.4 is 46.7 Å². The average molecular weight is 421 g/mol. The Hall–Kier alpha value is 0.0281. The third kappa shape index (κ3) is 4.77. The molecule has 0 radical (unpaired) electrons. The fraction of sp³-hybridized carbons (Fsp3) is 0.375. The topological polar surface area (TPSA) is 52.0 Å². The fourth-order valence-electron chi connectivity index (χ4n) is 3.04. The van der Waals surface area contributed by atoms with Crippen LogP contribution >= 0.6 is 0 Å². The molecular weight excluding hydrogens is 395 g/mol. The van der Waals surface area contributed by atoms with E-state index in [-0.39, 0.29) is 46.5 Å². The van der Waals surface area contributed by atoms with Gasteiger partial charge < -0.3 is 36.3 Å². The van der Waals surface area contributed by atoms with Crippen molar-refractivity contribution < 1.29 is 46.5 Å². The van der Waals surface area contributed by atoms with Crippen LogP contribution in [0.5, 0.6) is 0 Å². The quantitative estimate of drug-likeness (QED) is 0.404. The molecule has 0 unspecified atom stereocenters. The molecule has 0 atom stereocenters. The van der Waals surface area contributed by atoms with Gasteiger partial charge in [0.1, 0.15) is 0 Å². The summed E-state index contributed by atoms with van der Waals surface area (Å²) in [4.78, 5) is 0. The van der Waals surface area contributed by atoms with Gasteiger partial charge in [0.25, 0.3) is 0 Å². The molecule has 0 aromatic heterocycles. The van der Waals surface area contributed by atoms with Gasteiger partial charge in [0.15, 0.2) is 0 Å². The Kier molecular flexibility index (Phi) is 9.24. The molecule has 0 aliphatic heterocycles. The molecule has 0 fully saturated rings. The maximum Gasteiger partial charge on any atom is 2.00 e. The smallest absolute Gasteiger partial charge is 1.00 e. The van der Waals surface area contributed by atoms with Crippen molar-refractivity contribution in [3.8, 4) is 0 Å². The molecule has 0 aliphatic rings. The molecule has 4 N–H and O–H groups in total. The summed E-state index contributed by atoms with van der Waals surface area (Å²) >= 11 is 0. The van der Waals surface area contributed by atoms with Crippen molar-refractivity contribution >= 4 is 48.7 Å². The minimum absolute atomic E-state index is 0. The number of halogens is 2. The second kappa shape index (κ2) is 8.41. The van der Waals surface area contributed by atoms with Gasteiger partial charge in [-0.2, -0.15) is 0 Å². The Morgan fingerprint density at radius 3 is 1.43 bits per heavy atom. The van der Waals surface area contributed by atoms with Gasteiger partial charge in [0, 0.05) is 5.39 Å². The first-order chi connectivity index (χ1) is 9.05. The number of rotatable bonds is 2. The van der Waals surface area contributed by atoms with Crippen LogP contribution in [0.3, 0.4) is 0 Å². The van der Waals surface area contributed by atoms with E-state index in [9.17, 15) is 0 Å². The SMILES string of the molecule is C[Si](C)(C)c1c(N)c(N)c2ccccc2c1[Si](C)(C)C.[Cl-].[Cl-].[Ti+2]. The van der Waals surface area contributed by atoms with Gasteiger partial charge in [-0.05, 0) is 10.6 Å². The first-order valence-corrected chi connectivity index (χ1v) is 14.2. The van der Waals surface area contributed by atoms with Gasteiger partial charge in [-0.3, -0.25) is 0 Å². The van der Waals surface area contributed by atoms with E-state index in [1.807, 2.05) is 6.07 Å². The summed E-state index contributed by atoms with van der Waals surface area (Å²) in [7, 11) is -3.06. The third-order valence-electron chi connectivity index (χ3n) is 3.80. The van der Waals surface area contributed by atoms with E-state index in [2.05, 4.69) is 57.5 Å². The second-order valence-electron chi connectivity index (χ2n) is 7.62. The van der Waals surface area contributed by atoms with Crippen LogP contribution in [-0.4, -0.2) is 16.1 Å². The Morgan fingerprint density at radius 1 is 0.652 bits per heavy atom. The number of nitrogen functional groups attached to an aromatic ring is 2. The van der Waals surface area contributed by atoms with Crippen molar-refractivity contribution in [2.45, 2.75) is 39.3 Å². The molecule has 2 aromatic carbocycles. The number of nitrogens with two attached hydrogens (primary N) is 2. The maximum absolute atomic E-state index is 6.46. The molecule has 0 saturated carbocycles. The molecule has 0 spiro atoms. The summed E-state index contributed by atoms with van der Waals surface area (Å²) in [6, 6.07) is 8.46. The summed E-state index contributed by atoms with van der Waals surface area (Å²) < 4.78 is 0. The third-order valence-corrected chi connectivity index (χ3v) is 8.08. The van der Waals surface area contributed by atoms with Crippen molar-refractivity contribution in [3.63, 3.8) is 0 Å². The van der Waals surface area contributed by atoms with Crippen LogP contribution in [0.2, 0.25) is 39.3 Å². The van der Waals surface area contributed by atoms with Crippen molar-refractivity contribution in [2.75, 3.05) is 11.5 Å². The van der Waals surface area contributed by atoms with Crippen molar-refractivity contribution in [1.29, 1.82) is 0 Å². The van der Waals surface area contributed by atoms with E-state index in [4.69, 9.17) is 11.5 Å². The van der Waals surface area contributed by atoms with Crippen molar-refractivity contribution in [3.05, 3.63) is 24.3 Å². The number of hydrogen-bond acceptors (Lipinski definition) is 2. The van der Waals surface area contributed by atoms with Gasteiger partial charge in [-0.25, -0.2) is 0 Å². The zero-order valence-electron chi connectivity index (χ0n) is 14.7. The predicted octanol–water partition coefficient (Wildman–Crippen LogP) is -2.90. The second-order valence-corrected chi connectivity index (χ2v) is 17.6. The van der Waals surface area contributed by atoms with Gasteiger partial charge >= 0.3 is 21.7 Å². The zero-order valence-corrected chi connectivity index (χ0v) is 19.8. The van der Waals surface area contributed by atoms with E-state index >= 15 is 0 Å². The van der Waals surface area contributed by atoms with Gasteiger partial charge in [0.2, 0.25) is 0 Å². The number of anilines is 2. The van der Waals surface area contributed by atoms with E-state index in [0.29, 0.717) is 0 Å². The molecule has 2 rings (SSSR count). The Balaban J connectivity index is 0. The van der Waals surface area contributed by atoms with Gasteiger partial charge in [0.05, 0.1) is 27.5 Å². The normalized spacial score (nSPS) is 11.2. The molecule has 2 nitrogen and oxygen atoms in total. The van der Waals surface area contributed by atoms with Crippen LogP contribution in [0, 0.1) is 0 Å². The molecule has 2 aromatic rings. The molecule has 126 valence electrons. The Labute approximate surface area is 169 Å². The molecule has 7 heteroatoms.